The average molecular weight is 363 g/mol. The monoisotopic (exact) mass is 363 g/mol. The second kappa shape index (κ2) is 6.21. The van der Waals surface area contributed by atoms with Gasteiger partial charge in [0.05, 0.1) is 17.8 Å². The third-order valence-electron chi connectivity index (χ3n) is 5.83. The van der Waals surface area contributed by atoms with Crippen LogP contribution in [-0.4, -0.2) is 52.0 Å². The lowest BCUT2D eigenvalue weighted by atomic mass is 9.81. The van der Waals surface area contributed by atoms with Crippen molar-refractivity contribution in [3.05, 3.63) is 34.9 Å². The maximum Gasteiger partial charge on any atom is 0.341 e. The summed E-state index contributed by atoms with van der Waals surface area (Å²) in [6.45, 7) is 2.95. The van der Waals surface area contributed by atoms with E-state index in [1.54, 1.807) is 6.08 Å². The summed E-state index contributed by atoms with van der Waals surface area (Å²) in [5, 5.41) is 9.36. The molecule has 1 saturated carbocycles. The second-order valence-electron chi connectivity index (χ2n) is 7.46. The quantitative estimate of drug-likeness (QED) is 0.577. The topological polar surface area (TPSA) is 96.1 Å². The summed E-state index contributed by atoms with van der Waals surface area (Å²) in [5.41, 5.74) is 0.973. The number of carboxylic acid groups (broad SMARTS) is 1. The van der Waals surface area contributed by atoms with Crippen molar-refractivity contribution in [3.63, 3.8) is 0 Å². The van der Waals surface area contributed by atoms with Crippen LogP contribution in [0.25, 0.3) is 0 Å². The van der Waals surface area contributed by atoms with Gasteiger partial charge in [-0.2, -0.15) is 0 Å². The van der Waals surface area contributed by atoms with Gasteiger partial charge >= 0.3 is 5.97 Å². The number of rotatable bonds is 4. The molecule has 26 heavy (non-hydrogen) atoms. The summed E-state index contributed by atoms with van der Waals surface area (Å²) in [5.74, 6) is 3.05. The van der Waals surface area contributed by atoms with Gasteiger partial charge in [-0.1, -0.05) is 6.08 Å². The van der Waals surface area contributed by atoms with Crippen LogP contribution in [-0.2, 0) is 14.4 Å². The molecule has 0 aromatic heterocycles. The van der Waals surface area contributed by atoms with Crippen LogP contribution >= 0.6 is 0 Å². The fraction of sp³-hybridized carbons (Fsp3) is 0.556. The minimum absolute atomic E-state index is 0.109. The van der Waals surface area contributed by atoms with E-state index in [0.717, 1.165) is 24.6 Å². The van der Waals surface area contributed by atoms with E-state index >= 15 is 0 Å². The van der Waals surface area contributed by atoms with Gasteiger partial charge in [0.15, 0.2) is 5.83 Å². The van der Waals surface area contributed by atoms with Crippen LogP contribution < -0.4 is 5.90 Å². The number of hydrogen-bond acceptors (Lipinski definition) is 5. The van der Waals surface area contributed by atoms with E-state index in [0.29, 0.717) is 31.1 Å². The van der Waals surface area contributed by atoms with Crippen molar-refractivity contribution < 1.29 is 23.9 Å². The number of aliphatic carboxylic acids is 1. The van der Waals surface area contributed by atoms with Gasteiger partial charge in [0.1, 0.15) is 5.57 Å². The summed E-state index contributed by atoms with van der Waals surface area (Å²) in [6.07, 6.45) is 5.30. The van der Waals surface area contributed by atoms with Gasteiger partial charge in [0, 0.05) is 25.2 Å². The van der Waals surface area contributed by atoms with E-state index in [2.05, 4.69) is 0 Å². The second-order valence-corrected chi connectivity index (χ2v) is 7.46. The molecule has 8 heteroatoms. The Morgan fingerprint density at radius 3 is 2.69 bits per heavy atom. The van der Waals surface area contributed by atoms with Gasteiger partial charge in [0.2, 0.25) is 0 Å². The summed E-state index contributed by atoms with van der Waals surface area (Å²) >= 11 is 0. The lowest BCUT2D eigenvalue weighted by molar-refractivity contribution is -0.138. The highest BCUT2D eigenvalue weighted by Crippen LogP contribution is 2.47. The number of nitrogens with zero attached hydrogens (tertiary/aromatic N) is 2. The zero-order valence-electron chi connectivity index (χ0n) is 14.5. The van der Waals surface area contributed by atoms with Crippen LogP contribution in [0.15, 0.2) is 34.9 Å². The third-order valence-corrected chi connectivity index (χ3v) is 5.83. The molecule has 7 nitrogen and oxygen atoms in total. The van der Waals surface area contributed by atoms with E-state index in [4.69, 9.17) is 10.7 Å². The molecule has 2 fully saturated rings. The molecule has 1 aliphatic carbocycles. The first-order valence-electron chi connectivity index (χ1n) is 8.89. The Labute approximate surface area is 150 Å². The minimum Gasteiger partial charge on any atom is -0.478 e. The Hall–Kier alpha value is -2.19. The maximum absolute atomic E-state index is 14.9. The Balaban J connectivity index is 1.74. The first-order valence-corrected chi connectivity index (χ1v) is 8.89. The van der Waals surface area contributed by atoms with E-state index in [1.165, 1.54) is 4.90 Å². The van der Waals surface area contributed by atoms with Crippen molar-refractivity contribution in [1.82, 2.24) is 9.80 Å². The SMILES string of the molecule is CC1=C(N2CC[C@@H](ON)C2)C(F)=CN2C(=O)C(C(=O)O)=CC(C3CC3)C12. The predicted molar refractivity (Wildman–Crippen MR) is 89.7 cm³/mol. The molecular weight excluding hydrogens is 341 g/mol. The van der Waals surface area contributed by atoms with Crippen LogP contribution in [0.2, 0.25) is 0 Å². The van der Waals surface area contributed by atoms with Crippen molar-refractivity contribution in [2.45, 2.75) is 38.3 Å². The van der Waals surface area contributed by atoms with E-state index in [1.807, 2.05) is 11.8 Å². The summed E-state index contributed by atoms with van der Waals surface area (Å²) in [6, 6.07) is -0.342. The molecular formula is C18H22FN3O4. The van der Waals surface area contributed by atoms with Crippen molar-refractivity contribution in [3.8, 4) is 0 Å². The number of likely N-dealkylation sites (tertiary alicyclic amines) is 1. The Kier molecular flexibility index (Phi) is 4.11. The molecule has 1 saturated heterocycles. The van der Waals surface area contributed by atoms with Crippen LogP contribution in [0, 0.1) is 11.8 Å². The summed E-state index contributed by atoms with van der Waals surface area (Å²) in [7, 11) is 0. The number of halogens is 1. The van der Waals surface area contributed by atoms with Gasteiger partial charge in [-0.05, 0) is 37.7 Å². The summed E-state index contributed by atoms with van der Waals surface area (Å²) in [4.78, 5) is 32.1. The highest BCUT2D eigenvalue weighted by molar-refractivity contribution is 6.16. The van der Waals surface area contributed by atoms with Crippen molar-refractivity contribution >= 4 is 11.9 Å². The average Bonchev–Trinajstić information content (AvgIpc) is 3.33. The minimum atomic E-state index is -1.26. The number of carboxylic acids is 1. The Bertz CT molecular complexity index is 756. The van der Waals surface area contributed by atoms with E-state index < -0.39 is 17.7 Å². The normalized spacial score (nSPS) is 31.8. The van der Waals surface area contributed by atoms with Gasteiger partial charge in [-0.15, -0.1) is 0 Å². The Morgan fingerprint density at radius 1 is 1.38 bits per heavy atom. The number of amides is 1. The molecule has 0 aromatic rings. The van der Waals surface area contributed by atoms with Crippen LogP contribution in [0.5, 0.6) is 0 Å². The molecule has 1 amide bonds. The van der Waals surface area contributed by atoms with Gasteiger partial charge in [-0.3, -0.25) is 9.63 Å². The molecule has 0 bridgehead atoms. The zero-order valence-corrected chi connectivity index (χ0v) is 14.5. The number of carbonyl (C=O) groups excluding carboxylic acids is 1. The standard InChI is InChI=1S/C18H22FN3O4/c1-9-15-12(10-2-3-10)6-13(18(24)25)17(23)22(15)8-14(19)16(9)21-5-4-11(7-21)26-20/h6,8,10-12,15H,2-5,7,20H2,1H3,(H,24,25)/t11-,12?,15?/m1/s1. The first kappa shape index (κ1) is 17.2. The third kappa shape index (κ3) is 2.64. The zero-order chi connectivity index (χ0) is 18.6. The van der Waals surface area contributed by atoms with E-state index in [-0.39, 0.29) is 23.6 Å². The molecule has 3 atom stereocenters. The number of nitrogens with two attached hydrogens (primary N) is 1. The molecule has 0 aromatic carbocycles. The fourth-order valence-corrected chi connectivity index (χ4v) is 4.43. The fourth-order valence-electron chi connectivity index (χ4n) is 4.43. The number of allylic oxidation sites excluding steroid dienone is 1. The maximum atomic E-state index is 14.9. The molecule has 0 radical (unpaired) electrons. The lowest BCUT2D eigenvalue weighted by Crippen LogP contribution is -2.50. The molecule has 140 valence electrons. The molecule has 4 rings (SSSR count). The smallest absolute Gasteiger partial charge is 0.341 e. The van der Waals surface area contributed by atoms with E-state index in [9.17, 15) is 19.1 Å². The predicted octanol–water partition coefficient (Wildman–Crippen LogP) is 1.30. The van der Waals surface area contributed by atoms with Crippen molar-refractivity contribution in [2.24, 2.45) is 17.7 Å². The highest BCUT2D eigenvalue weighted by atomic mass is 19.1. The Morgan fingerprint density at radius 2 is 2.12 bits per heavy atom. The summed E-state index contributed by atoms with van der Waals surface area (Å²) < 4.78 is 14.9. The van der Waals surface area contributed by atoms with Gasteiger partial charge in [-0.25, -0.2) is 15.1 Å². The number of fused-ring (bicyclic) bond motifs is 1. The largest absolute Gasteiger partial charge is 0.478 e. The molecule has 0 spiro atoms. The number of hydrogen-bond donors (Lipinski definition) is 2. The molecule has 3 N–H and O–H groups in total. The lowest BCUT2D eigenvalue weighted by Gasteiger charge is -2.43. The molecule has 2 unspecified atom stereocenters. The van der Waals surface area contributed by atoms with Crippen LogP contribution in [0.4, 0.5) is 4.39 Å². The molecule has 4 aliphatic rings. The number of carbonyl (C=O) groups is 2. The highest BCUT2D eigenvalue weighted by Gasteiger charge is 2.48. The first-order chi connectivity index (χ1) is 12.4. The van der Waals surface area contributed by atoms with Gasteiger partial charge in [0.25, 0.3) is 5.91 Å². The van der Waals surface area contributed by atoms with Crippen molar-refractivity contribution in [2.75, 3.05) is 13.1 Å². The van der Waals surface area contributed by atoms with Crippen LogP contribution in [0.1, 0.15) is 26.2 Å². The van der Waals surface area contributed by atoms with Crippen LogP contribution in [0.3, 0.4) is 0 Å². The van der Waals surface area contributed by atoms with Gasteiger partial charge < -0.3 is 14.9 Å². The molecule has 3 aliphatic heterocycles. The van der Waals surface area contributed by atoms with Crippen molar-refractivity contribution in [1.29, 1.82) is 0 Å². The molecule has 3 heterocycles.